The van der Waals surface area contributed by atoms with Crippen molar-refractivity contribution in [1.29, 1.82) is 0 Å². The summed E-state index contributed by atoms with van der Waals surface area (Å²) in [4.78, 5) is 9.98. The fourth-order valence-electron chi connectivity index (χ4n) is 0.109. The molecule has 0 radical (unpaired) electrons. The first-order chi connectivity index (χ1) is 3.18. The van der Waals surface area contributed by atoms with E-state index in [0.29, 0.717) is 0 Å². The average molecular weight is 170 g/mol. The zero-order chi connectivity index (χ0) is 5.86. The van der Waals surface area contributed by atoms with Crippen molar-refractivity contribution < 1.29 is 9.18 Å². The van der Waals surface area contributed by atoms with E-state index >= 15 is 0 Å². The Morgan fingerprint density at radius 1 is 2.00 bits per heavy atom. The van der Waals surface area contributed by atoms with Gasteiger partial charge in [-0.2, -0.15) is 0 Å². The highest BCUT2D eigenvalue weighted by Gasteiger charge is 2.07. The molecule has 0 fully saturated rings. The van der Waals surface area contributed by atoms with Gasteiger partial charge in [-0.1, -0.05) is 0 Å². The van der Waals surface area contributed by atoms with Crippen molar-refractivity contribution in [2.24, 2.45) is 0 Å². The Kier molecular flexibility index (Phi) is 2.91. The molecule has 4 heteroatoms. The van der Waals surface area contributed by atoms with E-state index in [-0.39, 0.29) is 0 Å². The van der Waals surface area contributed by atoms with Crippen LogP contribution in [0.4, 0.5) is 4.39 Å². The molecule has 0 aromatic rings. The fraction of sp³-hybridized carbons (Fsp3) is 0.667. The Bertz CT molecular complexity index is 75.3. The molecule has 0 heterocycles. The molecule has 2 nitrogen and oxygen atoms in total. The van der Waals surface area contributed by atoms with Crippen LogP contribution >= 0.6 is 15.9 Å². The molecular formula is C3H5BrFNO. The average Bonchev–Trinajstić information content (AvgIpc) is 1.65. The van der Waals surface area contributed by atoms with Crippen molar-refractivity contribution in [3.8, 4) is 0 Å². The van der Waals surface area contributed by atoms with E-state index in [1.807, 2.05) is 0 Å². The maximum Gasteiger partial charge on any atom is 0.265 e. The van der Waals surface area contributed by atoms with Crippen LogP contribution in [0.2, 0.25) is 0 Å². The monoisotopic (exact) mass is 169 g/mol. The third-order valence-electron chi connectivity index (χ3n) is 0.445. The van der Waals surface area contributed by atoms with Crippen molar-refractivity contribution in [1.82, 2.24) is 5.32 Å². The second-order valence-corrected chi connectivity index (χ2v) is 1.72. The first-order valence-corrected chi connectivity index (χ1v) is 2.59. The summed E-state index contributed by atoms with van der Waals surface area (Å²) in [5.74, 6) is -0.653. The lowest BCUT2D eigenvalue weighted by Crippen LogP contribution is -2.24. The van der Waals surface area contributed by atoms with Crippen LogP contribution in [0.15, 0.2) is 0 Å². The van der Waals surface area contributed by atoms with Gasteiger partial charge >= 0.3 is 0 Å². The van der Waals surface area contributed by atoms with Crippen molar-refractivity contribution in [3.63, 3.8) is 0 Å². The van der Waals surface area contributed by atoms with Crippen LogP contribution in [0.25, 0.3) is 0 Å². The van der Waals surface area contributed by atoms with E-state index in [1.54, 1.807) is 0 Å². The van der Waals surface area contributed by atoms with Crippen molar-refractivity contribution in [2.75, 3.05) is 7.05 Å². The van der Waals surface area contributed by atoms with Crippen LogP contribution in [-0.2, 0) is 4.79 Å². The van der Waals surface area contributed by atoms with E-state index in [1.165, 1.54) is 7.05 Å². The lowest BCUT2D eigenvalue weighted by Gasteiger charge is -1.93. The molecule has 0 aromatic heterocycles. The second-order valence-electron chi connectivity index (χ2n) is 0.915. The molecular weight excluding hydrogens is 165 g/mol. The maximum absolute atomic E-state index is 11.6. The van der Waals surface area contributed by atoms with Crippen LogP contribution in [0.5, 0.6) is 0 Å². The summed E-state index contributed by atoms with van der Waals surface area (Å²) in [6.07, 6.45) is 0. The van der Waals surface area contributed by atoms with E-state index in [9.17, 15) is 9.18 Å². The van der Waals surface area contributed by atoms with Crippen molar-refractivity contribution in [3.05, 3.63) is 0 Å². The molecule has 1 atom stereocenters. The van der Waals surface area contributed by atoms with Crippen LogP contribution in [0.3, 0.4) is 0 Å². The van der Waals surface area contributed by atoms with E-state index in [4.69, 9.17) is 0 Å². The van der Waals surface area contributed by atoms with Gasteiger partial charge in [-0.05, 0) is 15.9 Å². The van der Waals surface area contributed by atoms with E-state index in [2.05, 4.69) is 21.2 Å². The number of carbonyl (C=O) groups is 1. The number of alkyl halides is 2. The SMILES string of the molecule is CNC(=O)C(F)Br. The Hall–Kier alpha value is -0.120. The summed E-state index contributed by atoms with van der Waals surface area (Å²) in [5.41, 5.74) is 0. The minimum absolute atomic E-state index is 0.653. The molecule has 0 spiro atoms. The molecule has 0 saturated heterocycles. The Morgan fingerprint density at radius 2 is 2.43 bits per heavy atom. The molecule has 0 rings (SSSR count). The molecule has 0 bridgehead atoms. The first kappa shape index (κ1) is 6.88. The van der Waals surface area contributed by atoms with Gasteiger partial charge in [0.1, 0.15) is 0 Å². The summed E-state index contributed by atoms with van der Waals surface area (Å²) in [6.45, 7) is 0. The predicted octanol–water partition coefficient (Wildman–Crippen LogP) is 0.423. The summed E-state index contributed by atoms with van der Waals surface area (Å²) in [5, 5.41) is 0.532. The molecule has 1 N–H and O–H groups in total. The molecule has 0 saturated carbocycles. The number of amides is 1. The predicted molar refractivity (Wildman–Crippen MR) is 27.9 cm³/mol. The van der Waals surface area contributed by atoms with E-state index in [0.717, 1.165) is 0 Å². The second kappa shape index (κ2) is 2.96. The maximum atomic E-state index is 11.6. The molecule has 0 aliphatic rings. The topological polar surface area (TPSA) is 29.1 Å². The number of hydrogen-bond acceptors (Lipinski definition) is 1. The highest BCUT2D eigenvalue weighted by Crippen LogP contribution is 1.97. The third-order valence-corrected chi connectivity index (χ3v) is 0.860. The minimum Gasteiger partial charge on any atom is -0.356 e. The Balaban J connectivity index is 3.35. The van der Waals surface area contributed by atoms with Gasteiger partial charge in [0.15, 0.2) is 0 Å². The number of halogens is 2. The Labute approximate surface area is 49.2 Å². The van der Waals surface area contributed by atoms with Crippen LogP contribution < -0.4 is 5.32 Å². The van der Waals surface area contributed by atoms with E-state index < -0.39 is 11.0 Å². The van der Waals surface area contributed by atoms with Gasteiger partial charge in [-0.15, -0.1) is 0 Å². The molecule has 42 valence electrons. The third kappa shape index (κ3) is 2.56. The molecule has 1 amide bonds. The number of rotatable bonds is 1. The van der Waals surface area contributed by atoms with Crippen molar-refractivity contribution >= 4 is 21.8 Å². The molecule has 0 aliphatic heterocycles. The van der Waals surface area contributed by atoms with Gasteiger partial charge in [0, 0.05) is 7.05 Å². The molecule has 0 aromatic carbocycles. The van der Waals surface area contributed by atoms with Crippen LogP contribution in [-0.4, -0.2) is 18.0 Å². The zero-order valence-electron chi connectivity index (χ0n) is 3.74. The zero-order valence-corrected chi connectivity index (χ0v) is 5.33. The van der Waals surface area contributed by atoms with Gasteiger partial charge in [0.2, 0.25) is 5.08 Å². The van der Waals surface area contributed by atoms with Gasteiger partial charge < -0.3 is 5.32 Å². The van der Waals surface area contributed by atoms with Gasteiger partial charge in [-0.3, -0.25) is 4.79 Å². The normalized spacial score (nSPS) is 13.0. The standard InChI is InChI=1S/C3H5BrFNO/c1-6-3(7)2(4)5/h2H,1H3,(H,6,7). The van der Waals surface area contributed by atoms with Gasteiger partial charge in [0.25, 0.3) is 5.91 Å². The highest BCUT2D eigenvalue weighted by atomic mass is 79.9. The summed E-state index contributed by atoms with van der Waals surface area (Å²) in [7, 11) is 1.37. The molecule has 7 heavy (non-hydrogen) atoms. The van der Waals surface area contributed by atoms with Gasteiger partial charge in [-0.25, -0.2) is 4.39 Å². The number of nitrogens with one attached hydrogen (secondary N) is 1. The smallest absolute Gasteiger partial charge is 0.265 e. The van der Waals surface area contributed by atoms with Crippen molar-refractivity contribution in [2.45, 2.75) is 5.08 Å². The van der Waals surface area contributed by atoms with Crippen LogP contribution in [0, 0.1) is 0 Å². The quantitative estimate of drug-likeness (QED) is 0.567. The largest absolute Gasteiger partial charge is 0.356 e. The highest BCUT2D eigenvalue weighted by molar-refractivity contribution is 9.09. The first-order valence-electron chi connectivity index (χ1n) is 1.68. The number of hydrogen-bond donors (Lipinski definition) is 1. The Morgan fingerprint density at radius 3 is 2.43 bits per heavy atom. The minimum atomic E-state index is -1.57. The van der Waals surface area contributed by atoms with Crippen LogP contribution in [0.1, 0.15) is 0 Å². The number of carbonyl (C=O) groups excluding carboxylic acids is 1. The summed E-state index contributed by atoms with van der Waals surface area (Å²) < 4.78 is 11.6. The summed E-state index contributed by atoms with van der Waals surface area (Å²) >= 11 is 2.42. The summed E-state index contributed by atoms with van der Waals surface area (Å²) in [6, 6.07) is 0. The molecule has 0 aliphatic carbocycles. The molecule has 1 unspecified atom stereocenters. The lowest BCUT2D eigenvalue weighted by molar-refractivity contribution is -0.122. The fourth-order valence-corrected chi connectivity index (χ4v) is 0.338. The lowest BCUT2D eigenvalue weighted by atomic mass is 10.7. The van der Waals surface area contributed by atoms with Gasteiger partial charge in [0.05, 0.1) is 0 Å².